The summed E-state index contributed by atoms with van der Waals surface area (Å²) in [6.45, 7) is 8.97. The molecule has 2 unspecified atom stereocenters. The molecule has 0 amide bonds. The van der Waals surface area contributed by atoms with Crippen molar-refractivity contribution in [3.05, 3.63) is 23.8 Å². The van der Waals surface area contributed by atoms with Crippen LogP contribution in [0.1, 0.15) is 37.8 Å². The number of benzene rings is 1. The lowest BCUT2D eigenvalue weighted by Crippen LogP contribution is -2.53. The van der Waals surface area contributed by atoms with Gasteiger partial charge in [-0.3, -0.25) is 4.90 Å². The molecule has 1 aromatic rings. The summed E-state index contributed by atoms with van der Waals surface area (Å²) in [4.78, 5) is 5.27. The van der Waals surface area contributed by atoms with Gasteiger partial charge in [0.25, 0.3) is 0 Å². The molecule has 5 nitrogen and oxygen atoms in total. The SMILES string of the molecule is COc1ccc(OC)c(C(CN2CCCCC2)N2CCNCC2C)c1. The lowest BCUT2D eigenvalue weighted by atomic mass is 9.99. The monoisotopic (exact) mass is 347 g/mol. The second kappa shape index (κ2) is 8.88. The Hall–Kier alpha value is -1.30. The molecule has 2 heterocycles. The molecule has 0 aromatic heterocycles. The van der Waals surface area contributed by atoms with Crippen molar-refractivity contribution in [3.63, 3.8) is 0 Å². The molecule has 5 heteroatoms. The third-order valence-electron chi connectivity index (χ3n) is 5.63. The lowest BCUT2D eigenvalue weighted by Gasteiger charge is -2.43. The molecule has 2 saturated heterocycles. The van der Waals surface area contributed by atoms with Crippen LogP contribution in [0.3, 0.4) is 0 Å². The summed E-state index contributed by atoms with van der Waals surface area (Å²) in [5.74, 6) is 1.87. The highest BCUT2D eigenvalue weighted by molar-refractivity contribution is 5.42. The van der Waals surface area contributed by atoms with Crippen molar-refractivity contribution in [3.8, 4) is 11.5 Å². The van der Waals surface area contributed by atoms with Gasteiger partial charge in [0.1, 0.15) is 11.5 Å². The van der Waals surface area contributed by atoms with Gasteiger partial charge in [-0.2, -0.15) is 0 Å². The van der Waals surface area contributed by atoms with Crippen LogP contribution in [-0.2, 0) is 0 Å². The van der Waals surface area contributed by atoms with Gasteiger partial charge in [-0.05, 0) is 51.1 Å². The minimum Gasteiger partial charge on any atom is -0.497 e. The Balaban J connectivity index is 1.91. The van der Waals surface area contributed by atoms with E-state index in [2.05, 4.69) is 28.1 Å². The predicted octanol–water partition coefficient (Wildman–Crippen LogP) is 2.52. The number of hydrogen-bond donors (Lipinski definition) is 1. The maximum Gasteiger partial charge on any atom is 0.123 e. The number of likely N-dealkylation sites (tertiary alicyclic amines) is 1. The van der Waals surface area contributed by atoms with Crippen molar-refractivity contribution in [2.75, 3.05) is 53.5 Å². The fraction of sp³-hybridized carbons (Fsp3) is 0.700. The fourth-order valence-electron chi connectivity index (χ4n) is 4.19. The number of nitrogens with one attached hydrogen (secondary N) is 1. The first-order valence-corrected chi connectivity index (χ1v) is 9.63. The van der Waals surface area contributed by atoms with Crippen molar-refractivity contribution in [1.82, 2.24) is 15.1 Å². The molecule has 25 heavy (non-hydrogen) atoms. The number of nitrogens with zero attached hydrogens (tertiary/aromatic N) is 2. The van der Waals surface area contributed by atoms with Gasteiger partial charge in [0.2, 0.25) is 0 Å². The first-order valence-electron chi connectivity index (χ1n) is 9.63. The average molecular weight is 348 g/mol. The normalized spacial score (nSPS) is 24.0. The first-order chi connectivity index (χ1) is 12.2. The second-order valence-electron chi connectivity index (χ2n) is 7.28. The molecule has 0 aliphatic carbocycles. The van der Waals surface area contributed by atoms with Gasteiger partial charge >= 0.3 is 0 Å². The van der Waals surface area contributed by atoms with E-state index in [1.54, 1.807) is 14.2 Å². The van der Waals surface area contributed by atoms with Crippen LogP contribution in [-0.4, -0.2) is 69.3 Å². The highest BCUT2D eigenvalue weighted by atomic mass is 16.5. The van der Waals surface area contributed by atoms with Gasteiger partial charge in [0, 0.05) is 37.8 Å². The summed E-state index contributed by atoms with van der Waals surface area (Å²) in [6.07, 6.45) is 4.01. The zero-order valence-electron chi connectivity index (χ0n) is 16.0. The van der Waals surface area contributed by atoms with Crippen LogP contribution in [0.4, 0.5) is 0 Å². The van der Waals surface area contributed by atoms with E-state index >= 15 is 0 Å². The standard InChI is InChI=1S/C20H33N3O2/c1-16-14-21-9-12-23(16)19(15-22-10-5-4-6-11-22)18-13-17(24-2)7-8-20(18)25-3/h7-8,13,16,19,21H,4-6,9-12,14-15H2,1-3H3. The Labute approximate surface area is 152 Å². The quantitative estimate of drug-likeness (QED) is 0.856. The molecule has 2 atom stereocenters. The topological polar surface area (TPSA) is 37.0 Å². The summed E-state index contributed by atoms with van der Waals surface area (Å²) in [6, 6.07) is 7.05. The molecule has 2 aliphatic heterocycles. The van der Waals surface area contributed by atoms with Crippen molar-refractivity contribution in [2.24, 2.45) is 0 Å². The molecule has 0 saturated carbocycles. The number of piperazine rings is 1. The zero-order valence-corrected chi connectivity index (χ0v) is 16.0. The predicted molar refractivity (Wildman–Crippen MR) is 102 cm³/mol. The van der Waals surface area contributed by atoms with Crippen LogP contribution in [0.2, 0.25) is 0 Å². The largest absolute Gasteiger partial charge is 0.497 e. The third-order valence-corrected chi connectivity index (χ3v) is 5.63. The summed E-state index contributed by atoms with van der Waals surface area (Å²) in [7, 11) is 3.50. The molecule has 2 fully saturated rings. The average Bonchev–Trinajstić information content (AvgIpc) is 2.67. The van der Waals surface area contributed by atoms with Crippen molar-refractivity contribution in [2.45, 2.75) is 38.3 Å². The van der Waals surface area contributed by atoms with E-state index in [0.717, 1.165) is 37.7 Å². The van der Waals surface area contributed by atoms with Gasteiger partial charge in [0.15, 0.2) is 0 Å². The third kappa shape index (κ3) is 4.46. The van der Waals surface area contributed by atoms with Crippen molar-refractivity contribution < 1.29 is 9.47 Å². The Morgan fingerprint density at radius 3 is 2.60 bits per heavy atom. The highest BCUT2D eigenvalue weighted by Crippen LogP contribution is 2.35. The van der Waals surface area contributed by atoms with E-state index in [0.29, 0.717) is 12.1 Å². The number of piperidine rings is 1. The van der Waals surface area contributed by atoms with E-state index in [-0.39, 0.29) is 0 Å². The zero-order chi connectivity index (χ0) is 17.6. The van der Waals surface area contributed by atoms with Crippen LogP contribution in [0, 0.1) is 0 Å². The molecule has 2 aliphatic rings. The highest BCUT2D eigenvalue weighted by Gasteiger charge is 2.31. The van der Waals surface area contributed by atoms with E-state index in [4.69, 9.17) is 9.47 Å². The first kappa shape index (κ1) is 18.5. The molecular formula is C20H33N3O2. The maximum absolute atomic E-state index is 5.72. The van der Waals surface area contributed by atoms with Crippen LogP contribution in [0.15, 0.2) is 18.2 Å². The smallest absolute Gasteiger partial charge is 0.123 e. The van der Waals surface area contributed by atoms with Gasteiger partial charge < -0.3 is 19.7 Å². The second-order valence-corrected chi connectivity index (χ2v) is 7.28. The maximum atomic E-state index is 5.72. The lowest BCUT2D eigenvalue weighted by molar-refractivity contribution is 0.0765. The van der Waals surface area contributed by atoms with E-state index in [9.17, 15) is 0 Å². The number of methoxy groups -OCH3 is 2. The van der Waals surface area contributed by atoms with Crippen LogP contribution >= 0.6 is 0 Å². The summed E-state index contributed by atoms with van der Waals surface area (Å²) in [5, 5.41) is 3.51. The van der Waals surface area contributed by atoms with Gasteiger partial charge in [-0.1, -0.05) is 6.42 Å². The molecule has 0 radical (unpaired) electrons. The van der Waals surface area contributed by atoms with Gasteiger partial charge in [-0.25, -0.2) is 0 Å². The molecule has 3 rings (SSSR count). The van der Waals surface area contributed by atoms with Crippen molar-refractivity contribution in [1.29, 1.82) is 0 Å². The molecule has 0 bridgehead atoms. The Morgan fingerprint density at radius 2 is 1.92 bits per heavy atom. The van der Waals surface area contributed by atoms with Crippen LogP contribution in [0.25, 0.3) is 0 Å². The summed E-state index contributed by atoms with van der Waals surface area (Å²) < 4.78 is 11.2. The van der Waals surface area contributed by atoms with Gasteiger partial charge in [0.05, 0.1) is 20.3 Å². The van der Waals surface area contributed by atoms with E-state index in [1.165, 1.54) is 37.9 Å². The van der Waals surface area contributed by atoms with Gasteiger partial charge in [-0.15, -0.1) is 0 Å². The van der Waals surface area contributed by atoms with E-state index < -0.39 is 0 Å². The van der Waals surface area contributed by atoms with Crippen LogP contribution < -0.4 is 14.8 Å². The Kier molecular flexibility index (Phi) is 6.57. The van der Waals surface area contributed by atoms with Crippen molar-refractivity contribution >= 4 is 0 Å². The molecule has 0 spiro atoms. The number of ether oxygens (including phenoxy) is 2. The minimum absolute atomic E-state index is 0.334. The molecule has 1 N–H and O–H groups in total. The Morgan fingerprint density at radius 1 is 1.12 bits per heavy atom. The minimum atomic E-state index is 0.334. The molecule has 140 valence electrons. The molecular weight excluding hydrogens is 314 g/mol. The number of hydrogen-bond acceptors (Lipinski definition) is 5. The van der Waals surface area contributed by atoms with Crippen LogP contribution in [0.5, 0.6) is 11.5 Å². The number of rotatable bonds is 6. The summed E-state index contributed by atoms with van der Waals surface area (Å²) >= 11 is 0. The summed E-state index contributed by atoms with van der Waals surface area (Å²) in [5.41, 5.74) is 1.25. The fourth-order valence-corrected chi connectivity index (χ4v) is 4.19. The van der Waals surface area contributed by atoms with E-state index in [1.807, 2.05) is 12.1 Å². The molecule has 1 aromatic carbocycles. The Bertz CT molecular complexity index is 546.